The summed E-state index contributed by atoms with van der Waals surface area (Å²) in [6, 6.07) is 17.8. The summed E-state index contributed by atoms with van der Waals surface area (Å²) < 4.78 is 2.41. The van der Waals surface area contributed by atoms with Crippen molar-refractivity contribution < 1.29 is 4.57 Å². The van der Waals surface area contributed by atoms with Crippen LogP contribution in [0.2, 0.25) is 0 Å². The van der Waals surface area contributed by atoms with Crippen molar-refractivity contribution in [3.8, 4) is 5.69 Å². The average Bonchev–Trinajstić information content (AvgIpc) is 3.00. The van der Waals surface area contributed by atoms with E-state index >= 15 is 0 Å². The second-order valence-electron chi connectivity index (χ2n) is 9.26. The van der Waals surface area contributed by atoms with Gasteiger partial charge in [-0.1, -0.05) is 32.9 Å². The lowest BCUT2D eigenvalue weighted by Gasteiger charge is -2.30. The van der Waals surface area contributed by atoms with E-state index in [9.17, 15) is 0 Å². The number of anilines is 1. The molecular formula is C26H32N3+. The van der Waals surface area contributed by atoms with Gasteiger partial charge in [-0.05, 0) is 43.0 Å². The van der Waals surface area contributed by atoms with Gasteiger partial charge in [-0.25, -0.2) is 0 Å². The number of aryl methyl sites for hydroxylation is 1. The average molecular weight is 387 g/mol. The molecule has 0 aliphatic carbocycles. The second kappa shape index (κ2) is 6.91. The van der Waals surface area contributed by atoms with E-state index in [2.05, 4.69) is 124 Å². The molecule has 150 valence electrons. The van der Waals surface area contributed by atoms with E-state index in [0.29, 0.717) is 6.17 Å². The highest BCUT2D eigenvalue weighted by Crippen LogP contribution is 2.35. The molecule has 0 bridgehead atoms. The predicted octanol–water partition coefficient (Wildman–Crippen LogP) is 5.60. The molecule has 0 spiro atoms. The molecule has 3 aromatic rings. The molecule has 3 nitrogen and oxygen atoms in total. The molecule has 1 atom stereocenters. The Labute approximate surface area is 174 Å². The lowest BCUT2D eigenvalue weighted by Crippen LogP contribution is -2.38. The maximum atomic E-state index is 2.41. The summed E-state index contributed by atoms with van der Waals surface area (Å²) in [7, 11) is 2.13. The van der Waals surface area contributed by atoms with E-state index in [-0.39, 0.29) is 5.41 Å². The molecule has 0 unspecified atom stereocenters. The first kappa shape index (κ1) is 19.5. The summed E-state index contributed by atoms with van der Waals surface area (Å²) in [6.45, 7) is 13.6. The van der Waals surface area contributed by atoms with E-state index in [1.54, 1.807) is 0 Å². The zero-order valence-corrected chi connectivity index (χ0v) is 18.7. The van der Waals surface area contributed by atoms with Crippen LogP contribution in [0.4, 0.5) is 5.69 Å². The largest absolute Gasteiger partial charge is 0.359 e. The zero-order valence-electron chi connectivity index (χ0n) is 18.7. The lowest BCUT2D eigenvalue weighted by atomic mass is 9.85. The topological polar surface area (TPSA) is 10.4 Å². The number of nitrogens with zero attached hydrogens (tertiary/aromatic N) is 3. The summed E-state index contributed by atoms with van der Waals surface area (Å²) >= 11 is 0. The first-order valence-corrected chi connectivity index (χ1v) is 10.4. The van der Waals surface area contributed by atoms with Gasteiger partial charge < -0.3 is 9.80 Å². The normalized spacial score (nSPS) is 16.9. The molecule has 3 heteroatoms. The number of hydrogen-bond acceptors (Lipinski definition) is 2. The molecule has 0 radical (unpaired) electrons. The number of para-hydroxylation sites is 1. The van der Waals surface area contributed by atoms with Crippen molar-refractivity contribution in [3.63, 3.8) is 0 Å². The number of hydrogen-bond donors (Lipinski definition) is 0. The third-order valence-corrected chi connectivity index (χ3v) is 6.23. The molecule has 0 saturated heterocycles. The van der Waals surface area contributed by atoms with E-state index in [1.165, 1.54) is 39.1 Å². The Morgan fingerprint density at radius 1 is 0.931 bits per heavy atom. The summed E-state index contributed by atoms with van der Waals surface area (Å²) in [5.74, 6) is 0. The van der Waals surface area contributed by atoms with Crippen LogP contribution in [0.15, 0.2) is 60.9 Å². The van der Waals surface area contributed by atoms with E-state index in [0.717, 1.165) is 0 Å². The van der Waals surface area contributed by atoms with Crippen LogP contribution in [-0.2, 0) is 5.41 Å². The van der Waals surface area contributed by atoms with Gasteiger partial charge in [-0.15, -0.1) is 0 Å². The van der Waals surface area contributed by atoms with Crippen LogP contribution in [-0.4, -0.2) is 18.1 Å². The van der Waals surface area contributed by atoms with Gasteiger partial charge in [0.2, 0.25) is 11.2 Å². The third-order valence-electron chi connectivity index (χ3n) is 6.23. The summed E-state index contributed by atoms with van der Waals surface area (Å²) in [5.41, 5.74) is 7.74. The maximum absolute atomic E-state index is 2.41. The molecule has 0 fully saturated rings. The number of pyridine rings is 1. The molecule has 1 aromatic heterocycles. The van der Waals surface area contributed by atoms with Crippen molar-refractivity contribution in [1.29, 1.82) is 0 Å². The summed E-state index contributed by atoms with van der Waals surface area (Å²) in [5, 5.41) is 1.26. The van der Waals surface area contributed by atoms with Crippen LogP contribution in [0.5, 0.6) is 0 Å². The van der Waals surface area contributed by atoms with Crippen molar-refractivity contribution >= 4 is 16.6 Å². The van der Waals surface area contributed by atoms with Crippen molar-refractivity contribution in [3.05, 3.63) is 77.8 Å². The van der Waals surface area contributed by atoms with Gasteiger partial charge >= 0.3 is 0 Å². The Morgan fingerprint density at radius 2 is 1.66 bits per heavy atom. The first-order valence-electron chi connectivity index (χ1n) is 10.4. The Balaban J connectivity index is 2.04. The van der Waals surface area contributed by atoms with Gasteiger partial charge in [-0.3, -0.25) is 0 Å². The van der Waals surface area contributed by atoms with Gasteiger partial charge in [0.15, 0.2) is 5.69 Å². The maximum Gasteiger partial charge on any atom is 0.218 e. The van der Waals surface area contributed by atoms with Crippen LogP contribution in [0, 0.1) is 13.8 Å². The van der Waals surface area contributed by atoms with Gasteiger partial charge in [0, 0.05) is 55.5 Å². The van der Waals surface area contributed by atoms with Gasteiger partial charge in [0.1, 0.15) is 6.17 Å². The molecule has 1 aliphatic rings. The van der Waals surface area contributed by atoms with E-state index in [1.807, 2.05) is 0 Å². The molecular weight excluding hydrogens is 354 g/mol. The van der Waals surface area contributed by atoms with Crippen LogP contribution < -0.4 is 9.47 Å². The Hall–Kier alpha value is -2.81. The highest BCUT2D eigenvalue weighted by molar-refractivity contribution is 5.76. The van der Waals surface area contributed by atoms with Crippen LogP contribution in [0.3, 0.4) is 0 Å². The number of aromatic nitrogens is 1. The van der Waals surface area contributed by atoms with Crippen LogP contribution >= 0.6 is 0 Å². The van der Waals surface area contributed by atoms with E-state index in [4.69, 9.17) is 0 Å². The smallest absolute Gasteiger partial charge is 0.218 e. The fourth-order valence-electron chi connectivity index (χ4n) is 4.15. The minimum absolute atomic E-state index is 0.0643. The van der Waals surface area contributed by atoms with Crippen molar-refractivity contribution in [2.75, 3.05) is 11.9 Å². The molecule has 1 aliphatic heterocycles. The lowest BCUT2D eigenvalue weighted by molar-refractivity contribution is -0.574. The SMILES string of the molecule is Cc1c(N2C=CN(C)[C@H]2C)cc(C(C)(C)C)cc1-[n+]1c(C)ccc2ccccc21. The van der Waals surface area contributed by atoms with Crippen LogP contribution in [0.1, 0.15) is 44.5 Å². The zero-order chi connectivity index (χ0) is 20.9. The molecule has 2 heterocycles. The first-order chi connectivity index (χ1) is 13.7. The van der Waals surface area contributed by atoms with Gasteiger partial charge in [-0.2, -0.15) is 4.57 Å². The van der Waals surface area contributed by atoms with Crippen molar-refractivity contribution in [2.24, 2.45) is 0 Å². The van der Waals surface area contributed by atoms with Crippen molar-refractivity contribution in [1.82, 2.24) is 4.90 Å². The molecule has 29 heavy (non-hydrogen) atoms. The van der Waals surface area contributed by atoms with Crippen LogP contribution in [0.25, 0.3) is 16.6 Å². The second-order valence-corrected chi connectivity index (χ2v) is 9.26. The standard InChI is InChI=1S/C26H32N3/c1-18-12-13-21-10-8-9-11-23(21)29(18)25-17-22(26(4,5)6)16-24(19(25)2)28-15-14-27(7)20(28)3/h8-17,20H,1-7H3/q+1/t20-/m1/s1. The fraction of sp³-hybridized carbons (Fsp3) is 0.346. The molecule has 0 N–H and O–H groups in total. The Kier molecular flexibility index (Phi) is 4.65. The summed E-state index contributed by atoms with van der Waals surface area (Å²) in [4.78, 5) is 4.63. The van der Waals surface area contributed by atoms with Crippen molar-refractivity contribution in [2.45, 2.75) is 53.1 Å². The number of fused-ring (bicyclic) bond motifs is 1. The fourth-order valence-corrected chi connectivity index (χ4v) is 4.15. The Bertz CT molecular complexity index is 1100. The highest BCUT2D eigenvalue weighted by Gasteiger charge is 2.29. The quantitative estimate of drug-likeness (QED) is 0.531. The Morgan fingerprint density at radius 3 is 2.31 bits per heavy atom. The van der Waals surface area contributed by atoms with E-state index < -0.39 is 0 Å². The summed E-state index contributed by atoms with van der Waals surface area (Å²) in [6.07, 6.45) is 4.66. The number of benzene rings is 2. The predicted molar refractivity (Wildman–Crippen MR) is 122 cm³/mol. The van der Waals surface area contributed by atoms with Gasteiger partial charge in [0.05, 0.1) is 5.69 Å². The minimum Gasteiger partial charge on any atom is -0.359 e. The van der Waals surface area contributed by atoms with Gasteiger partial charge in [0.25, 0.3) is 0 Å². The highest BCUT2D eigenvalue weighted by atomic mass is 15.4. The number of rotatable bonds is 2. The molecule has 4 rings (SSSR count). The molecule has 2 aromatic carbocycles. The monoisotopic (exact) mass is 386 g/mol. The third kappa shape index (κ3) is 3.29. The minimum atomic E-state index is 0.0643. The molecule has 0 amide bonds. The molecule has 0 saturated carbocycles.